The summed E-state index contributed by atoms with van der Waals surface area (Å²) in [5.41, 5.74) is 1.06. The van der Waals surface area contributed by atoms with Gasteiger partial charge in [0.25, 0.3) is 11.6 Å². The molecule has 1 unspecified atom stereocenters. The lowest BCUT2D eigenvalue weighted by Gasteiger charge is -2.21. The number of ether oxygens (including phenoxy) is 2. The summed E-state index contributed by atoms with van der Waals surface area (Å²) in [7, 11) is 3.48. The first kappa shape index (κ1) is 21.2. The van der Waals surface area contributed by atoms with Crippen molar-refractivity contribution in [1.82, 2.24) is 0 Å². The molecule has 0 saturated heterocycles. The average molecular weight is 388 g/mol. The number of quaternary nitrogens is 1. The van der Waals surface area contributed by atoms with Crippen molar-refractivity contribution in [3.63, 3.8) is 0 Å². The Morgan fingerprint density at radius 2 is 1.96 bits per heavy atom. The summed E-state index contributed by atoms with van der Waals surface area (Å²) in [6.45, 7) is 4.81. The topological polar surface area (TPSA) is 95.1 Å². The van der Waals surface area contributed by atoms with Crippen LogP contribution in [0.3, 0.4) is 0 Å². The molecule has 2 N–H and O–H groups in total. The zero-order valence-corrected chi connectivity index (χ0v) is 16.5. The number of methoxy groups -OCH3 is 1. The Morgan fingerprint density at radius 3 is 2.61 bits per heavy atom. The van der Waals surface area contributed by atoms with Gasteiger partial charge in [-0.2, -0.15) is 0 Å². The fourth-order valence-corrected chi connectivity index (χ4v) is 2.78. The molecule has 2 rings (SSSR count). The van der Waals surface area contributed by atoms with E-state index < -0.39 is 11.0 Å². The summed E-state index contributed by atoms with van der Waals surface area (Å²) in [5, 5.41) is 13.8. The zero-order valence-electron chi connectivity index (χ0n) is 16.5. The van der Waals surface area contributed by atoms with Gasteiger partial charge in [0.05, 0.1) is 25.7 Å². The summed E-state index contributed by atoms with van der Waals surface area (Å²) < 4.78 is 10.9. The van der Waals surface area contributed by atoms with Crippen LogP contribution in [0, 0.1) is 10.1 Å². The summed E-state index contributed by atoms with van der Waals surface area (Å²) in [6.07, 6.45) is 0. The summed E-state index contributed by atoms with van der Waals surface area (Å²) in [5.74, 6) is 1.03. The third kappa shape index (κ3) is 5.20. The van der Waals surface area contributed by atoms with E-state index in [4.69, 9.17) is 9.47 Å². The molecule has 2 atom stereocenters. The van der Waals surface area contributed by atoms with Crippen molar-refractivity contribution in [3.8, 4) is 11.5 Å². The van der Waals surface area contributed by atoms with Crippen LogP contribution in [0.5, 0.6) is 11.5 Å². The first-order valence-electron chi connectivity index (χ1n) is 9.03. The van der Waals surface area contributed by atoms with Gasteiger partial charge in [-0.1, -0.05) is 12.1 Å². The monoisotopic (exact) mass is 388 g/mol. The van der Waals surface area contributed by atoms with E-state index in [9.17, 15) is 14.9 Å². The quantitative estimate of drug-likeness (QED) is 0.506. The van der Waals surface area contributed by atoms with Gasteiger partial charge < -0.3 is 19.7 Å². The molecule has 1 amide bonds. The number of amides is 1. The molecular weight excluding hydrogens is 362 g/mol. The number of benzene rings is 2. The Balaban J connectivity index is 2.07. The number of nitrogens with zero attached hydrogens (tertiary/aromatic N) is 1. The van der Waals surface area contributed by atoms with Crippen molar-refractivity contribution in [2.24, 2.45) is 0 Å². The SMILES string of the molecule is CCOc1ccc(C[NH+](C)[C@H](C)C(=O)Nc2ccccc2[N+](=O)[O-])cc1OC. The molecular formula is C20H26N3O5+. The smallest absolute Gasteiger partial charge is 0.292 e. The van der Waals surface area contributed by atoms with Gasteiger partial charge in [0, 0.05) is 11.6 Å². The molecule has 2 aromatic carbocycles. The number of anilines is 1. The van der Waals surface area contributed by atoms with Gasteiger partial charge >= 0.3 is 0 Å². The summed E-state index contributed by atoms with van der Waals surface area (Å²) in [4.78, 5) is 24.1. The average Bonchev–Trinajstić information content (AvgIpc) is 2.68. The highest BCUT2D eigenvalue weighted by Crippen LogP contribution is 2.27. The molecule has 0 aliphatic carbocycles. The minimum Gasteiger partial charge on any atom is -0.493 e. The first-order valence-corrected chi connectivity index (χ1v) is 9.03. The number of carbonyl (C=O) groups excluding carboxylic acids is 1. The van der Waals surface area contributed by atoms with Crippen molar-refractivity contribution in [1.29, 1.82) is 0 Å². The van der Waals surface area contributed by atoms with E-state index >= 15 is 0 Å². The molecule has 0 spiro atoms. The largest absolute Gasteiger partial charge is 0.493 e. The number of nitrogens with one attached hydrogen (secondary N) is 2. The maximum Gasteiger partial charge on any atom is 0.292 e. The van der Waals surface area contributed by atoms with E-state index in [0.717, 1.165) is 10.5 Å². The minimum atomic E-state index is -0.511. The van der Waals surface area contributed by atoms with Crippen LogP contribution in [0.15, 0.2) is 42.5 Å². The van der Waals surface area contributed by atoms with Gasteiger partial charge in [-0.3, -0.25) is 14.9 Å². The summed E-state index contributed by atoms with van der Waals surface area (Å²) in [6, 6.07) is 11.4. The van der Waals surface area contributed by atoms with Crippen molar-refractivity contribution < 1.29 is 24.1 Å². The van der Waals surface area contributed by atoms with E-state index in [1.54, 1.807) is 26.2 Å². The highest BCUT2D eigenvalue weighted by molar-refractivity contribution is 5.95. The maximum atomic E-state index is 12.6. The zero-order chi connectivity index (χ0) is 20.7. The number of likely N-dealkylation sites (N-methyl/N-ethyl adjacent to an activating group) is 1. The molecule has 0 fully saturated rings. The van der Waals surface area contributed by atoms with Crippen LogP contribution >= 0.6 is 0 Å². The van der Waals surface area contributed by atoms with Gasteiger partial charge in [0.15, 0.2) is 17.5 Å². The number of nitro groups is 1. The Kier molecular flexibility index (Phi) is 7.34. The Bertz CT molecular complexity index is 840. The Morgan fingerprint density at radius 1 is 1.25 bits per heavy atom. The highest BCUT2D eigenvalue weighted by Gasteiger charge is 2.25. The van der Waals surface area contributed by atoms with Crippen LogP contribution in [-0.4, -0.2) is 37.6 Å². The second-order valence-electron chi connectivity index (χ2n) is 6.43. The van der Waals surface area contributed by atoms with Crippen LogP contribution in [0.4, 0.5) is 11.4 Å². The van der Waals surface area contributed by atoms with Crippen molar-refractivity contribution in [2.45, 2.75) is 26.4 Å². The Labute approximate surface area is 164 Å². The lowest BCUT2D eigenvalue weighted by Crippen LogP contribution is -3.12. The molecule has 28 heavy (non-hydrogen) atoms. The van der Waals surface area contributed by atoms with Crippen LogP contribution < -0.4 is 19.7 Å². The van der Waals surface area contributed by atoms with E-state index in [-0.39, 0.29) is 17.3 Å². The van der Waals surface area contributed by atoms with Gasteiger partial charge in [0.1, 0.15) is 12.2 Å². The van der Waals surface area contributed by atoms with E-state index in [0.29, 0.717) is 24.7 Å². The van der Waals surface area contributed by atoms with Crippen LogP contribution in [0.25, 0.3) is 0 Å². The number of nitro benzene ring substituents is 1. The molecule has 0 radical (unpaired) electrons. The second kappa shape index (κ2) is 9.70. The minimum absolute atomic E-state index is 0.128. The fraction of sp³-hybridized carbons (Fsp3) is 0.350. The van der Waals surface area contributed by atoms with E-state index in [1.165, 1.54) is 12.1 Å². The molecule has 150 valence electrons. The predicted octanol–water partition coefficient (Wildman–Crippen LogP) is 2.04. The molecule has 0 bridgehead atoms. The normalized spacial score (nSPS) is 12.7. The van der Waals surface area contributed by atoms with E-state index in [2.05, 4.69) is 5.32 Å². The molecule has 0 heterocycles. The van der Waals surface area contributed by atoms with Crippen LogP contribution in [0.1, 0.15) is 19.4 Å². The van der Waals surface area contributed by atoms with Gasteiger partial charge in [-0.15, -0.1) is 0 Å². The number of rotatable bonds is 9. The molecule has 2 aromatic rings. The van der Waals surface area contributed by atoms with Gasteiger partial charge in [-0.25, -0.2) is 0 Å². The van der Waals surface area contributed by atoms with Crippen molar-refractivity contribution >= 4 is 17.3 Å². The van der Waals surface area contributed by atoms with E-state index in [1.807, 2.05) is 32.2 Å². The second-order valence-corrected chi connectivity index (χ2v) is 6.43. The maximum absolute atomic E-state index is 12.6. The van der Waals surface area contributed by atoms with Gasteiger partial charge in [0.2, 0.25) is 0 Å². The molecule has 8 heteroatoms. The van der Waals surface area contributed by atoms with Gasteiger partial charge in [-0.05, 0) is 38.1 Å². The predicted molar refractivity (Wildman–Crippen MR) is 106 cm³/mol. The lowest BCUT2D eigenvalue weighted by atomic mass is 10.1. The Hall–Kier alpha value is -3.13. The lowest BCUT2D eigenvalue weighted by molar-refractivity contribution is -0.907. The number of hydrogen-bond donors (Lipinski definition) is 2. The number of hydrogen-bond acceptors (Lipinski definition) is 5. The third-order valence-electron chi connectivity index (χ3n) is 4.50. The molecule has 0 saturated carbocycles. The fourth-order valence-electron chi connectivity index (χ4n) is 2.78. The standard InChI is InChI=1S/C20H25N3O5/c1-5-28-18-11-10-15(12-19(18)27-4)13-22(3)14(2)20(24)21-16-8-6-7-9-17(16)23(25)26/h6-12,14H,5,13H2,1-4H3,(H,21,24)/p+1/t14-/m1/s1. The molecule has 0 aromatic heterocycles. The van der Waals surface area contributed by atoms with Crippen molar-refractivity contribution in [2.75, 3.05) is 26.1 Å². The highest BCUT2D eigenvalue weighted by atomic mass is 16.6. The van der Waals surface area contributed by atoms with Crippen molar-refractivity contribution in [3.05, 3.63) is 58.1 Å². The first-order chi connectivity index (χ1) is 13.4. The number of carbonyl (C=O) groups is 1. The molecule has 8 nitrogen and oxygen atoms in total. The van der Waals surface area contributed by atoms with Crippen LogP contribution in [-0.2, 0) is 11.3 Å². The molecule has 0 aliphatic heterocycles. The third-order valence-corrected chi connectivity index (χ3v) is 4.50. The summed E-state index contributed by atoms with van der Waals surface area (Å²) >= 11 is 0. The number of para-hydroxylation sites is 2. The van der Waals surface area contributed by atoms with Crippen LogP contribution in [0.2, 0.25) is 0 Å². The molecule has 0 aliphatic rings.